The van der Waals surface area contributed by atoms with E-state index in [-0.39, 0.29) is 12.1 Å². The lowest BCUT2D eigenvalue weighted by Gasteiger charge is -2.33. The molecule has 0 saturated carbocycles. The summed E-state index contributed by atoms with van der Waals surface area (Å²) < 4.78 is 28.3. The molecule has 0 atom stereocenters. The maximum absolute atomic E-state index is 14.2. The molecule has 90 valence electrons. The normalized spacial score (nSPS) is 12.9. The summed E-state index contributed by atoms with van der Waals surface area (Å²) >= 11 is 0. The number of hydrogen-bond acceptors (Lipinski definition) is 1. The van der Waals surface area contributed by atoms with E-state index < -0.39 is 11.3 Å². The average molecular weight is 227 g/mol. The zero-order chi connectivity index (χ0) is 12.6. The van der Waals surface area contributed by atoms with Crippen LogP contribution in [-0.4, -0.2) is 6.54 Å². The quantitative estimate of drug-likeness (QED) is 0.841. The van der Waals surface area contributed by atoms with Crippen LogP contribution in [-0.2, 0) is 5.92 Å². The van der Waals surface area contributed by atoms with Crippen molar-refractivity contribution in [2.75, 3.05) is 6.54 Å². The Bertz CT molecular complexity index is 384. The molecule has 0 aliphatic rings. The summed E-state index contributed by atoms with van der Waals surface area (Å²) in [5.74, 6) is -2.90. The third kappa shape index (κ3) is 2.09. The lowest BCUT2D eigenvalue weighted by Crippen LogP contribution is -2.40. The van der Waals surface area contributed by atoms with E-state index in [0.29, 0.717) is 0 Å². The summed E-state index contributed by atoms with van der Waals surface area (Å²) in [6.07, 6.45) is 0. The van der Waals surface area contributed by atoms with Crippen LogP contribution in [0.2, 0.25) is 0 Å². The van der Waals surface area contributed by atoms with Gasteiger partial charge in [0.25, 0.3) is 5.92 Å². The number of rotatable bonds is 3. The van der Waals surface area contributed by atoms with Gasteiger partial charge in [-0.15, -0.1) is 0 Å². The fourth-order valence-electron chi connectivity index (χ4n) is 1.46. The van der Waals surface area contributed by atoms with Crippen LogP contribution < -0.4 is 5.73 Å². The maximum Gasteiger partial charge on any atom is 0.279 e. The third-order valence-electron chi connectivity index (χ3n) is 3.23. The highest BCUT2D eigenvalue weighted by molar-refractivity contribution is 5.33. The molecule has 0 aliphatic heterocycles. The highest BCUT2D eigenvalue weighted by Crippen LogP contribution is 2.44. The zero-order valence-corrected chi connectivity index (χ0v) is 10.3. The second kappa shape index (κ2) is 4.13. The molecule has 0 spiro atoms. The van der Waals surface area contributed by atoms with Crippen molar-refractivity contribution >= 4 is 0 Å². The molecular formula is C13H19F2N. The number of hydrogen-bond donors (Lipinski definition) is 1. The Morgan fingerprint density at radius 2 is 1.69 bits per heavy atom. The highest BCUT2D eigenvalue weighted by atomic mass is 19.3. The monoisotopic (exact) mass is 227 g/mol. The van der Waals surface area contributed by atoms with Gasteiger partial charge in [-0.1, -0.05) is 26.0 Å². The fraction of sp³-hybridized carbons (Fsp3) is 0.538. The molecule has 1 nitrogen and oxygen atoms in total. The van der Waals surface area contributed by atoms with Crippen molar-refractivity contribution < 1.29 is 8.78 Å². The van der Waals surface area contributed by atoms with Crippen molar-refractivity contribution in [2.24, 2.45) is 11.1 Å². The Kier molecular flexibility index (Phi) is 3.38. The summed E-state index contributed by atoms with van der Waals surface area (Å²) in [4.78, 5) is 0. The first kappa shape index (κ1) is 13.1. The van der Waals surface area contributed by atoms with Gasteiger partial charge in [-0.05, 0) is 31.0 Å². The van der Waals surface area contributed by atoms with Gasteiger partial charge >= 0.3 is 0 Å². The molecule has 3 heteroatoms. The van der Waals surface area contributed by atoms with E-state index in [1.165, 1.54) is 19.9 Å². The van der Waals surface area contributed by atoms with E-state index in [0.717, 1.165) is 11.1 Å². The Hall–Kier alpha value is -0.960. The second-order valence-electron chi connectivity index (χ2n) is 4.96. The first-order chi connectivity index (χ1) is 7.22. The number of nitrogens with two attached hydrogens (primary N) is 1. The summed E-state index contributed by atoms with van der Waals surface area (Å²) in [6, 6.07) is 4.76. The lowest BCUT2D eigenvalue weighted by atomic mass is 9.81. The van der Waals surface area contributed by atoms with Crippen LogP contribution in [0.15, 0.2) is 18.2 Å². The van der Waals surface area contributed by atoms with Crippen LogP contribution in [0, 0.1) is 19.3 Å². The number of alkyl halides is 2. The first-order valence-electron chi connectivity index (χ1n) is 5.38. The standard InChI is InChI=1S/C13H19F2N/c1-9-5-6-11(7-10(9)2)13(14,15)12(3,4)8-16/h5-7H,8,16H2,1-4H3. The Morgan fingerprint density at radius 1 is 1.12 bits per heavy atom. The molecule has 0 amide bonds. The van der Waals surface area contributed by atoms with Crippen molar-refractivity contribution in [1.82, 2.24) is 0 Å². The summed E-state index contributed by atoms with van der Waals surface area (Å²) in [6.45, 7) is 6.67. The van der Waals surface area contributed by atoms with E-state index in [1.807, 2.05) is 13.8 Å². The van der Waals surface area contributed by atoms with Crippen LogP contribution in [0.1, 0.15) is 30.5 Å². The predicted octanol–water partition coefficient (Wildman–Crippen LogP) is 3.38. The molecule has 0 unspecified atom stereocenters. The smallest absolute Gasteiger partial charge is 0.279 e. The lowest BCUT2D eigenvalue weighted by molar-refractivity contribution is -0.108. The number of benzene rings is 1. The number of aryl methyl sites for hydroxylation is 2. The Balaban J connectivity index is 3.22. The molecule has 0 heterocycles. The average Bonchev–Trinajstić information content (AvgIpc) is 2.21. The molecule has 2 N–H and O–H groups in total. The molecular weight excluding hydrogens is 208 g/mol. The molecule has 0 aromatic heterocycles. The van der Waals surface area contributed by atoms with Gasteiger partial charge in [-0.2, -0.15) is 0 Å². The minimum absolute atomic E-state index is 0.0473. The van der Waals surface area contributed by atoms with Gasteiger partial charge in [-0.25, -0.2) is 8.78 Å². The van der Waals surface area contributed by atoms with Gasteiger partial charge in [0, 0.05) is 17.5 Å². The van der Waals surface area contributed by atoms with E-state index >= 15 is 0 Å². The van der Waals surface area contributed by atoms with Crippen molar-refractivity contribution in [2.45, 2.75) is 33.6 Å². The summed E-state index contributed by atoms with van der Waals surface area (Å²) in [5, 5.41) is 0. The molecule has 1 aromatic rings. The fourth-order valence-corrected chi connectivity index (χ4v) is 1.46. The van der Waals surface area contributed by atoms with Crippen LogP contribution >= 0.6 is 0 Å². The molecule has 0 bridgehead atoms. The van der Waals surface area contributed by atoms with Crippen LogP contribution in [0.25, 0.3) is 0 Å². The van der Waals surface area contributed by atoms with Gasteiger partial charge in [0.2, 0.25) is 0 Å². The Labute approximate surface area is 95.7 Å². The van der Waals surface area contributed by atoms with Crippen molar-refractivity contribution in [1.29, 1.82) is 0 Å². The van der Waals surface area contributed by atoms with E-state index in [4.69, 9.17) is 5.73 Å². The molecule has 16 heavy (non-hydrogen) atoms. The molecule has 0 aliphatic carbocycles. The minimum atomic E-state index is -2.90. The van der Waals surface area contributed by atoms with Gasteiger partial charge in [0.15, 0.2) is 0 Å². The Morgan fingerprint density at radius 3 is 2.12 bits per heavy atom. The predicted molar refractivity (Wildman–Crippen MR) is 62.6 cm³/mol. The van der Waals surface area contributed by atoms with E-state index in [2.05, 4.69) is 0 Å². The molecule has 0 radical (unpaired) electrons. The minimum Gasteiger partial charge on any atom is -0.330 e. The van der Waals surface area contributed by atoms with Crippen LogP contribution in [0.3, 0.4) is 0 Å². The SMILES string of the molecule is Cc1ccc(C(F)(F)C(C)(C)CN)cc1C. The van der Waals surface area contributed by atoms with Crippen LogP contribution in [0.5, 0.6) is 0 Å². The maximum atomic E-state index is 14.2. The molecule has 0 fully saturated rings. The zero-order valence-electron chi connectivity index (χ0n) is 10.3. The summed E-state index contributed by atoms with van der Waals surface area (Å²) in [7, 11) is 0. The van der Waals surface area contributed by atoms with Crippen molar-refractivity contribution in [3.63, 3.8) is 0 Å². The third-order valence-corrected chi connectivity index (χ3v) is 3.23. The van der Waals surface area contributed by atoms with Gasteiger partial charge in [0.05, 0.1) is 0 Å². The number of halogens is 2. The van der Waals surface area contributed by atoms with Crippen LogP contribution in [0.4, 0.5) is 8.78 Å². The van der Waals surface area contributed by atoms with Crippen molar-refractivity contribution in [3.05, 3.63) is 34.9 Å². The largest absolute Gasteiger partial charge is 0.330 e. The van der Waals surface area contributed by atoms with Gasteiger partial charge < -0.3 is 5.73 Å². The molecule has 0 saturated heterocycles. The van der Waals surface area contributed by atoms with Crippen molar-refractivity contribution in [3.8, 4) is 0 Å². The topological polar surface area (TPSA) is 26.0 Å². The summed E-state index contributed by atoms with van der Waals surface area (Å²) in [5.41, 5.74) is 6.14. The van der Waals surface area contributed by atoms with E-state index in [9.17, 15) is 8.78 Å². The van der Waals surface area contributed by atoms with Gasteiger partial charge in [0.1, 0.15) is 0 Å². The molecule has 1 aromatic carbocycles. The highest BCUT2D eigenvalue weighted by Gasteiger charge is 2.47. The van der Waals surface area contributed by atoms with E-state index in [1.54, 1.807) is 12.1 Å². The molecule has 1 rings (SSSR count). The van der Waals surface area contributed by atoms with Gasteiger partial charge in [-0.3, -0.25) is 0 Å². The first-order valence-corrected chi connectivity index (χ1v) is 5.38. The second-order valence-corrected chi connectivity index (χ2v) is 4.96.